The fourth-order valence-corrected chi connectivity index (χ4v) is 2.86. The predicted molar refractivity (Wildman–Crippen MR) is 88.7 cm³/mol. The first-order valence-electron chi connectivity index (χ1n) is 6.43. The van der Waals surface area contributed by atoms with Crippen molar-refractivity contribution in [2.24, 2.45) is 5.14 Å². The van der Waals surface area contributed by atoms with E-state index in [1.807, 2.05) is 32.0 Å². The molecule has 6 heteroatoms. The average Bonchev–Trinajstić information content (AvgIpc) is 2.42. The van der Waals surface area contributed by atoms with Crippen molar-refractivity contribution in [3.05, 3.63) is 58.1 Å². The van der Waals surface area contributed by atoms with Crippen molar-refractivity contribution >= 4 is 31.6 Å². The summed E-state index contributed by atoms with van der Waals surface area (Å²) in [5, 5.41) is 8.46. The number of hydrogen-bond acceptors (Lipinski definition) is 3. The lowest BCUT2D eigenvalue weighted by molar-refractivity contribution is 0.597. The van der Waals surface area contributed by atoms with E-state index in [0.717, 1.165) is 15.7 Å². The minimum atomic E-state index is -3.64. The fourth-order valence-electron chi connectivity index (χ4n) is 1.96. The number of benzene rings is 2. The third-order valence-corrected chi connectivity index (χ3v) is 5.05. The highest BCUT2D eigenvalue weighted by atomic mass is 79.9. The van der Waals surface area contributed by atoms with E-state index in [1.54, 1.807) is 12.1 Å². The number of anilines is 1. The van der Waals surface area contributed by atoms with Gasteiger partial charge in [0.2, 0.25) is 10.0 Å². The van der Waals surface area contributed by atoms with Crippen LogP contribution in [-0.2, 0) is 10.0 Å². The van der Waals surface area contributed by atoms with Crippen molar-refractivity contribution in [1.29, 1.82) is 0 Å². The summed E-state index contributed by atoms with van der Waals surface area (Å²) in [5.41, 5.74) is 3.15. The maximum Gasteiger partial charge on any atom is 0.238 e. The van der Waals surface area contributed by atoms with E-state index in [9.17, 15) is 8.42 Å². The zero-order chi connectivity index (χ0) is 15.6. The summed E-state index contributed by atoms with van der Waals surface area (Å²) in [5.74, 6) is 0. The van der Waals surface area contributed by atoms with E-state index in [4.69, 9.17) is 5.14 Å². The van der Waals surface area contributed by atoms with Crippen LogP contribution in [0.5, 0.6) is 0 Å². The van der Waals surface area contributed by atoms with Crippen LogP contribution in [-0.4, -0.2) is 8.42 Å². The Kier molecular flexibility index (Phi) is 4.70. The topological polar surface area (TPSA) is 72.2 Å². The van der Waals surface area contributed by atoms with E-state index in [0.29, 0.717) is 0 Å². The van der Waals surface area contributed by atoms with Gasteiger partial charge in [-0.25, -0.2) is 13.6 Å². The Hall–Kier alpha value is -1.37. The average molecular weight is 369 g/mol. The minimum Gasteiger partial charge on any atom is -0.378 e. The normalized spacial score (nSPS) is 13.0. The second kappa shape index (κ2) is 6.17. The van der Waals surface area contributed by atoms with Gasteiger partial charge in [0, 0.05) is 16.2 Å². The second-order valence-electron chi connectivity index (χ2n) is 4.94. The molecular weight excluding hydrogens is 352 g/mol. The van der Waals surface area contributed by atoms with Gasteiger partial charge in [-0.15, -0.1) is 0 Å². The Balaban J connectivity index is 2.16. The second-order valence-corrected chi connectivity index (χ2v) is 7.36. The molecule has 2 aromatic rings. The van der Waals surface area contributed by atoms with Crippen molar-refractivity contribution in [3.63, 3.8) is 0 Å². The highest BCUT2D eigenvalue weighted by molar-refractivity contribution is 9.10. The predicted octanol–water partition coefficient (Wildman–Crippen LogP) is 3.58. The van der Waals surface area contributed by atoms with Crippen LogP contribution >= 0.6 is 15.9 Å². The van der Waals surface area contributed by atoms with E-state index < -0.39 is 10.0 Å². The molecule has 0 aliphatic carbocycles. The lowest BCUT2D eigenvalue weighted by atomic mass is 10.1. The van der Waals surface area contributed by atoms with Gasteiger partial charge in [-0.3, -0.25) is 0 Å². The summed E-state index contributed by atoms with van der Waals surface area (Å²) in [7, 11) is -3.64. The largest absolute Gasteiger partial charge is 0.378 e. The maximum absolute atomic E-state index is 11.2. The zero-order valence-corrected chi connectivity index (χ0v) is 14.2. The summed E-state index contributed by atoms with van der Waals surface area (Å²) in [4.78, 5) is 0.122. The molecule has 0 aromatic heterocycles. The summed E-state index contributed by atoms with van der Waals surface area (Å²) in [6, 6.07) is 12.7. The molecule has 0 spiro atoms. The molecule has 112 valence electrons. The molecule has 0 heterocycles. The van der Waals surface area contributed by atoms with Gasteiger partial charge in [-0.1, -0.05) is 34.1 Å². The van der Waals surface area contributed by atoms with Gasteiger partial charge in [-0.2, -0.15) is 0 Å². The molecule has 0 aliphatic heterocycles. The molecule has 0 saturated heterocycles. The Morgan fingerprint density at radius 1 is 1.14 bits per heavy atom. The van der Waals surface area contributed by atoms with E-state index in [1.165, 1.54) is 17.7 Å². The maximum atomic E-state index is 11.2. The van der Waals surface area contributed by atoms with Gasteiger partial charge < -0.3 is 5.32 Å². The number of primary sulfonamides is 1. The quantitative estimate of drug-likeness (QED) is 0.865. The molecule has 0 radical (unpaired) electrons. The molecule has 0 fully saturated rings. The van der Waals surface area contributed by atoms with Crippen LogP contribution < -0.4 is 10.5 Å². The Morgan fingerprint density at radius 2 is 1.76 bits per heavy atom. The van der Waals surface area contributed by atoms with Gasteiger partial charge in [0.05, 0.1) is 4.90 Å². The van der Waals surface area contributed by atoms with Crippen molar-refractivity contribution in [2.75, 3.05) is 5.32 Å². The highest BCUT2D eigenvalue weighted by Gasteiger charge is 2.10. The molecule has 1 atom stereocenters. The van der Waals surface area contributed by atoms with Crippen molar-refractivity contribution < 1.29 is 8.42 Å². The Bertz CT molecular complexity index is 743. The molecule has 4 nitrogen and oxygen atoms in total. The number of aryl methyl sites for hydroxylation is 1. The molecule has 3 N–H and O–H groups in total. The summed E-state index contributed by atoms with van der Waals surface area (Å²) in [6.07, 6.45) is 0. The molecule has 0 saturated carbocycles. The monoisotopic (exact) mass is 368 g/mol. The molecule has 2 rings (SSSR count). The van der Waals surface area contributed by atoms with Crippen molar-refractivity contribution in [1.82, 2.24) is 0 Å². The van der Waals surface area contributed by atoms with Crippen LogP contribution in [0.1, 0.15) is 24.1 Å². The lowest BCUT2D eigenvalue weighted by Gasteiger charge is -2.16. The molecule has 0 amide bonds. The Morgan fingerprint density at radius 3 is 2.29 bits per heavy atom. The smallest absolute Gasteiger partial charge is 0.238 e. The van der Waals surface area contributed by atoms with E-state index >= 15 is 0 Å². The number of nitrogens with two attached hydrogens (primary N) is 1. The zero-order valence-electron chi connectivity index (χ0n) is 11.8. The lowest BCUT2D eigenvalue weighted by Crippen LogP contribution is -2.12. The summed E-state index contributed by atoms with van der Waals surface area (Å²) >= 11 is 3.50. The van der Waals surface area contributed by atoms with Crippen molar-refractivity contribution in [2.45, 2.75) is 24.8 Å². The molecule has 2 aromatic carbocycles. The Labute approximate surface area is 133 Å². The third kappa shape index (κ3) is 4.06. The number of sulfonamides is 1. The van der Waals surface area contributed by atoms with Crippen LogP contribution in [0, 0.1) is 6.92 Å². The highest BCUT2D eigenvalue weighted by Crippen LogP contribution is 2.25. The fraction of sp³-hybridized carbons (Fsp3) is 0.200. The van der Waals surface area contributed by atoms with Gasteiger partial charge in [0.15, 0.2) is 0 Å². The number of halogens is 1. The number of nitrogens with one attached hydrogen (secondary N) is 1. The van der Waals surface area contributed by atoms with Crippen LogP contribution in [0.2, 0.25) is 0 Å². The number of rotatable bonds is 4. The van der Waals surface area contributed by atoms with Crippen molar-refractivity contribution in [3.8, 4) is 0 Å². The van der Waals surface area contributed by atoms with Crippen LogP contribution in [0.4, 0.5) is 5.69 Å². The SMILES string of the molecule is Cc1ccc(NC(C)c2ccc(S(N)(=O)=O)cc2)cc1Br. The van der Waals surface area contributed by atoms with Gasteiger partial charge in [0.25, 0.3) is 0 Å². The third-order valence-electron chi connectivity index (χ3n) is 3.26. The van der Waals surface area contributed by atoms with E-state index in [-0.39, 0.29) is 10.9 Å². The first kappa shape index (κ1) is 16.0. The standard InChI is InChI=1S/C15H17BrN2O2S/c1-10-3-6-13(9-15(10)16)18-11(2)12-4-7-14(8-5-12)21(17,19)20/h3-9,11,18H,1-2H3,(H2,17,19,20). The molecule has 0 bridgehead atoms. The molecule has 0 aliphatic rings. The van der Waals surface area contributed by atoms with Crippen LogP contribution in [0.3, 0.4) is 0 Å². The van der Waals surface area contributed by atoms with Gasteiger partial charge in [0.1, 0.15) is 0 Å². The van der Waals surface area contributed by atoms with Gasteiger partial charge in [-0.05, 0) is 49.2 Å². The molecule has 1 unspecified atom stereocenters. The molecular formula is C15H17BrN2O2S. The van der Waals surface area contributed by atoms with Crippen LogP contribution in [0.25, 0.3) is 0 Å². The van der Waals surface area contributed by atoms with Crippen LogP contribution in [0.15, 0.2) is 51.8 Å². The summed E-state index contributed by atoms with van der Waals surface area (Å²) in [6.45, 7) is 4.04. The minimum absolute atomic E-state index is 0.0501. The number of hydrogen-bond donors (Lipinski definition) is 2. The van der Waals surface area contributed by atoms with E-state index in [2.05, 4.69) is 21.2 Å². The van der Waals surface area contributed by atoms with Gasteiger partial charge >= 0.3 is 0 Å². The summed E-state index contributed by atoms with van der Waals surface area (Å²) < 4.78 is 23.5. The first-order chi connectivity index (χ1) is 9.77. The molecule has 21 heavy (non-hydrogen) atoms. The first-order valence-corrected chi connectivity index (χ1v) is 8.77.